The van der Waals surface area contributed by atoms with Gasteiger partial charge in [-0.2, -0.15) is 0 Å². The van der Waals surface area contributed by atoms with Crippen LogP contribution in [0.4, 0.5) is 0 Å². The first-order valence-corrected chi connectivity index (χ1v) is 6.81. The summed E-state index contributed by atoms with van der Waals surface area (Å²) < 4.78 is 5.16. The minimum atomic E-state index is -0.387. The van der Waals surface area contributed by atoms with Crippen LogP contribution in [0.3, 0.4) is 0 Å². The Balaban J connectivity index is 0.00000176. The summed E-state index contributed by atoms with van der Waals surface area (Å²) in [5, 5.41) is 12.3. The molecular weight excluding hydrogens is 298 g/mol. The largest absolute Gasteiger partial charge is 0.508 e. The Kier molecular flexibility index (Phi) is 4.91. The van der Waals surface area contributed by atoms with Gasteiger partial charge in [0.25, 0.3) is 0 Å². The molecule has 0 heterocycles. The molecule has 22 heavy (non-hydrogen) atoms. The van der Waals surface area contributed by atoms with Crippen molar-refractivity contribution >= 4 is 23.2 Å². The van der Waals surface area contributed by atoms with Gasteiger partial charge < -0.3 is 15.6 Å². The first kappa shape index (κ1) is 16.1. The highest BCUT2D eigenvalue weighted by atomic mass is 35.5. The lowest BCUT2D eigenvalue weighted by atomic mass is 9.93. The number of ether oxygens (including phenoxy) is 1. The Bertz CT molecular complexity index is 772. The van der Waals surface area contributed by atoms with Gasteiger partial charge in [0.05, 0.1) is 13.2 Å². The van der Waals surface area contributed by atoms with Crippen molar-refractivity contribution in [3.05, 3.63) is 71.8 Å². The molecule has 3 N–H and O–H groups in total. The summed E-state index contributed by atoms with van der Waals surface area (Å²) in [6, 6.07) is 18.7. The number of nitrogens with two attached hydrogens (primary N) is 1. The molecule has 3 aromatic carbocycles. The number of methoxy groups -OCH3 is 1. The van der Waals surface area contributed by atoms with Crippen molar-refractivity contribution in [3.8, 4) is 11.5 Å². The maximum Gasteiger partial charge on any atom is 0.121 e. The van der Waals surface area contributed by atoms with E-state index < -0.39 is 0 Å². The van der Waals surface area contributed by atoms with Gasteiger partial charge in [-0.1, -0.05) is 42.5 Å². The number of aromatic hydroxyl groups is 1. The Morgan fingerprint density at radius 2 is 1.64 bits per heavy atom. The van der Waals surface area contributed by atoms with Gasteiger partial charge in [-0.3, -0.25) is 0 Å². The lowest BCUT2D eigenvalue weighted by molar-refractivity contribution is 0.414. The Morgan fingerprint density at radius 3 is 2.32 bits per heavy atom. The second-order valence-electron chi connectivity index (χ2n) is 4.97. The third-order valence-corrected chi connectivity index (χ3v) is 3.73. The molecule has 3 nitrogen and oxygen atoms in total. The lowest BCUT2D eigenvalue weighted by Gasteiger charge is -2.17. The Morgan fingerprint density at radius 1 is 0.955 bits per heavy atom. The average Bonchev–Trinajstić information content (AvgIpc) is 2.54. The van der Waals surface area contributed by atoms with Crippen LogP contribution in [0.25, 0.3) is 10.8 Å². The Labute approximate surface area is 135 Å². The fourth-order valence-corrected chi connectivity index (χ4v) is 2.59. The van der Waals surface area contributed by atoms with Crippen molar-refractivity contribution < 1.29 is 9.84 Å². The second-order valence-corrected chi connectivity index (χ2v) is 4.97. The number of benzene rings is 3. The normalized spacial score (nSPS) is 11.7. The van der Waals surface area contributed by atoms with Crippen molar-refractivity contribution in [1.82, 2.24) is 0 Å². The van der Waals surface area contributed by atoms with Gasteiger partial charge >= 0.3 is 0 Å². The summed E-state index contributed by atoms with van der Waals surface area (Å²) >= 11 is 0. The van der Waals surface area contributed by atoms with E-state index >= 15 is 0 Å². The van der Waals surface area contributed by atoms with Crippen molar-refractivity contribution in [2.45, 2.75) is 6.04 Å². The first-order chi connectivity index (χ1) is 10.2. The highest BCUT2D eigenvalue weighted by Crippen LogP contribution is 2.34. The average molecular weight is 316 g/mol. The second kappa shape index (κ2) is 6.69. The smallest absolute Gasteiger partial charge is 0.121 e. The molecule has 0 aliphatic carbocycles. The molecule has 0 fully saturated rings. The zero-order valence-electron chi connectivity index (χ0n) is 12.2. The molecule has 3 aromatic rings. The van der Waals surface area contributed by atoms with Crippen molar-refractivity contribution in [2.24, 2.45) is 5.73 Å². The number of fused-ring (bicyclic) bond motifs is 1. The van der Waals surface area contributed by atoms with E-state index in [2.05, 4.69) is 0 Å². The molecule has 0 saturated heterocycles. The van der Waals surface area contributed by atoms with Gasteiger partial charge in [0.15, 0.2) is 0 Å². The van der Waals surface area contributed by atoms with Crippen molar-refractivity contribution in [3.63, 3.8) is 0 Å². The van der Waals surface area contributed by atoms with Crippen LogP contribution in [0.5, 0.6) is 11.5 Å². The lowest BCUT2D eigenvalue weighted by Crippen LogP contribution is -2.12. The molecule has 0 radical (unpaired) electrons. The molecule has 0 aliphatic heterocycles. The first-order valence-electron chi connectivity index (χ1n) is 6.81. The molecule has 3 rings (SSSR count). The van der Waals surface area contributed by atoms with Gasteiger partial charge in [0.2, 0.25) is 0 Å². The minimum Gasteiger partial charge on any atom is -0.508 e. The topological polar surface area (TPSA) is 55.5 Å². The predicted molar refractivity (Wildman–Crippen MR) is 91.9 cm³/mol. The highest BCUT2D eigenvalue weighted by molar-refractivity contribution is 5.88. The van der Waals surface area contributed by atoms with E-state index in [0.717, 1.165) is 27.6 Å². The van der Waals surface area contributed by atoms with Crippen LogP contribution in [0.1, 0.15) is 17.2 Å². The maximum absolute atomic E-state index is 10.2. The summed E-state index contributed by atoms with van der Waals surface area (Å²) in [6.07, 6.45) is 0. The van der Waals surface area contributed by atoms with E-state index in [1.807, 2.05) is 54.6 Å². The number of hydrogen-bond donors (Lipinski definition) is 2. The van der Waals surface area contributed by atoms with E-state index in [-0.39, 0.29) is 24.2 Å². The molecule has 4 heteroatoms. The fourth-order valence-electron chi connectivity index (χ4n) is 2.59. The van der Waals surface area contributed by atoms with Crippen LogP contribution in [0, 0.1) is 0 Å². The van der Waals surface area contributed by atoms with Crippen LogP contribution >= 0.6 is 12.4 Å². The van der Waals surface area contributed by atoms with Crippen molar-refractivity contribution in [2.75, 3.05) is 7.11 Å². The third kappa shape index (κ3) is 2.86. The molecule has 1 unspecified atom stereocenters. The van der Waals surface area contributed by atoms with E-state index in [1.54, 1.807) is 13.2 Å². The number of phenolic OH excluding ortho intramolecular Hbond substituents is 1. The predicted octanol–water partition coefficient (Wildman–Crippen LogP) is 4.02. The van der Waals surface area contributed by atoms with Crippen LogP contribution in [0.2, 0.25) is 0 Å². The van der Waals surface area contributed by atoms with Crippen LogP contribution in [0.15, 0.2) is 60.7 Å². The summed E-state index contributed by atoms with van der Waals surface area (Å²) in [6.45, 7) is 0. The van der Waals surface area contributed by atoms with Crippen molar-refractivity contribution in [1.29, 1.82) is 0 Å². The molecule has 114 valence electrons. The summed E-state index contributed by atoms with van der Waals surface area (Å²) in [7, 11) is 1.63. The maximum atomic E-state index is 10.2. The van der Waals surface area contributed by atoms with Gasteiger partial charge in [0, 0.05) is 5.56 Å². The zero-order valence-corrected chi connectivity index (χ0v) is 13.0. The Hall–Kier alpha value is -2.23. The third-order valence-electron chi connectivity index (χ3n) is 3.73. The zero-order chi connectivity index (χ0) is 14.8. The molecule has 0 amide bonds. The van der Waals surface area contributed by atoms with Crippen LogP contribution in [-0.2, 0) is 0 Å². The molecule has 0 saturated carbocycles. The summed E-state index contributed by atoms with van der Waals surface area (Å²) in [4.78, 5) is 0. The van der Waals surface area contributed by atoms with E-state index in [1.165, 1.54) is 0 Å². The number of rotatable bonds is 3. The van der Waals surface area contributed by atoms with Gasteiger partial charge in [-0.25, -0.2) is 0 Å². The quantitative estimate of drug-likeness (QED) is 0.767. The number of hydrogen-bond acceptors (Lipinski definition) is 3. The summed E-state index contributed by atoms with van der Waals surface area (Å²) in [5.41, 5.74) is 8.06. The van der Waals surface area contributed by atoms with E-state index in [0.29, 0.717) is 0 Å². The van der Waals surface area contributed by atoms with Crippen LogP contribution < -0.4 is 10.5 Å². The molecule has 0 aromatic heterocycles. The minimum absolute atomic E-state index is 0. The van der Waals surface area contributed by atoms with E-state index in [4.69, 9.17) is 10.5 Å². The molecule has 0 spiro atoms. The molecular formula is C18H18ClNO2. The standard InChI is InChI=1S/C18H17NO2.ClH/c1-21-14-9-6-13(7-10-14)18(19)17-15-5-3-2-4-12(15)8-11-16(17)20;/h2-11,18,20H,19H2,1H3;1H. The molecule has 0 bridgehead atoms. The fraction of sp³-hybridized carbons (Fsp3) is 0.111. The SMILES string of the molecule is COc1ccc(C(N)c2c(O)ccc3ccccc23)cc1.Cl. The van der Waals surface area contributed by atoms with Crippen LogP contribution in [-0.4, -0.2) is 12.2 Å². The van der Waals surface area contributed by atoms with Gasteiger partial charge in [-0.15, -0.1) is 12.4 Å². The highest BCUT2D eigenvalue weighted by Gasteiger charge is 2.16. The number of halogens is 1. The number of phenols is 1. The van der Waals surface area contributed by atoms with Gasteiger partial charge in [0.1, 0.15) is 11.5 Å². The molecule has 1 atom stereocenters. The van der Waals surface area contributed by atoms with E-state index in [9.17, 15) is 5.11 Å². The molecule has 0 aliphatic rings. The monoisotopic (exact) mass is 315 g/mol. The summed E-state index contributed by atoms with van der Waals surface area (Å²) in [5.74, 6) is 1.00. The van der Waals surface area contributed by atoms with Gasteiger partial charge in [-0.05, 0) is 34.5 Å².